The molecule has 0 atom stereocenters. The number of nitrogens with one attached hydrogen (secondary N) is 2. The first kappa shape index (κ1) is 19.4. The summed E-state index contributed by atoms with van der Waals surface area (Å²) in [5.41, 5.74) is 3.74. The minimum Gasteiger partial charge on any atom is -0.324 e. The van der Waals surface area contributed by atoms with Crippen molar-refractivity contribution in [2.24, 2.45) is 5.10 Å². The zero-order valence-corrected chi connectivity index (χ0v) is 16.2. The first-order chi connectivity index (χ1) is 11.9. The molecule has 0 aliphatic heterocycles. The predicted octanol–water partition coefficient (Wildman–Crippen LogP) is 4.89. The molecule has 0 saturated heterocycles. The van der Waals surface area contributed by atoms with Crippen molar-refractivity contribution in [2.75, 3.05) is 5.32 Å². The lowest BCUT2D eigenvalue weighted by Gasteiger charge is -2.08. The Morgan fingerprint density at radius 2 is 1.88 bits per heavy atom. The van der Waals surface area contributed by atoms with E-state index in [1.165, 1.54) is 0 Å². The maximum Gasteiger partial charge on any atom is 0.272 e. The van der Waals surface area contributed by atoms with Gasteiger partial charge in [-0.1, -0.05) is 35.3 Å². The van der Waals surface area contributed by atoms with E-state index in [4.69, 9.17) is 23.2 Å². The lowest BCUT2D eigenvalue weighted by Crippen LogP contribution is -2.21. The summed E-state index contributed by atoms with van der Waals surface area (Å²) in [5.74, 6) is -0.689. The zero-order valence-electron chi connectivity index (χ0n) is 13.1. The molecule has 0 fully saturated rings. The van der Waals surface area contributed by atoms with Gasteiger partial charge in [-0.05, 0) is 53.2 Å². The molecule has 8 heteroatoms. The van der Waals surface area contributed by atoms with Crippen molar-refractivity contribution in [3.05, 3.63) is 62.5 Å². The van der Waals surface area contributed by atoms with Crippen LogP contribution in [-0.4, -0.2) is 17.5 Å². The van der Waals surface area contributed by atoms with E-state index in [1.54, 1.807) is 49.4 Å². The van der Waals surface area contributed by atoms with Crippen LogP contribution in [0.1, 0.15) is 23.7 Å². The number of hydrogen-bond donors (Lipinski definition) is 2. The largest absolute Gasteiger partial charge is 0.324 e. The number of anilines is 1. The molecule has 0 spiro atoms. The first-order valence-electron chi connectivity index (χ1n) is 7.19. The van der Waals surface area contributed by atoms with Gasteiger partial charge in [0.1, 0.15) is 0 Å². The third kappa shape index (κ3) is 5.85. The fourth-order valence-electron chi connectivity index (χ4n) is 1.91. The van der Waals surface area contributed by atoms with E-state index in [1.807, 2.05) is 0 Å². The molecule has 0 saturated carbocycles. The van der Waals surface area contributed by atoms with Crippen molar-refractivity contribution in [1.29, 1.82) is 0 Å². The molecule has 130 valence electrons. The molecule has 0 heterocycles. The summed E-state index contributed by atoms with van der Waals surface area (Å²) in [5, 5.41) is 7.44. The number of amides is 2. The average Bonchev–Trinajstić information content (AvgIpc) is 2.56. The molecular weight excluding hydrogens is 429 g/mol. The minimum atomic E-state index is -0.370. The van der Waals surface area contributed by atoms with Crippen molar-refractivity contribution in [3.8, 4) is 0 Å². The smallest absolute Gasteiger partial charge is 0.272 e. The summed E-state index contributed by atoms with van der Waals surface area (Å²) in [7, 11) is 0. The Morgan fingerprint density at radius 3 is 2.60 bits per heavy atom. The summed E-state index contributed by atoms with van der Waals surface area (Å²) in [6.45, 7) is 1.64. The van der Waals surface area contributed by atoms with Crippen LogP contribution in [0.15, 0.2) is 52.0 Å². The average molecular weight is 443 g/mol. The van der Waals surface area contributed by atoms with Gasteiger partial charge in [0.05, 0.1) is 22.7 Å². The van der Waals surface area contributed by atoms with Crippen molar-refractivity contribution in [1.82, 2.24) is 5.43 Å². The van der Waals surface area contributed by atoms with Crippen molar-refractivity contribution >= 4 is 62.3 Å². The standard InChI is InChI=1S/C17H14BrCl2N3O2/c1-10(22-23-17(25)12-4-2-3-5-13(12)18)8-16(24)21-15-9-11(19)6-7-14(15)20/h2-7,9H,8H2,1H3,(H,21,24)(H,23,25)/b22-10-. The highest BCUT2D eigenvalue weighted by atomic mass is 79.9. The second kappa shape index (κ2) is 8.99. The van der Waals surface area contributed by atoms with Crippen LogP contribution in [0.2, 0.25) is 10.0 Å². The molecule has 2 rings (SSSR count). The molecule has 0 aliphatic rings. The van der Waals surface area contributed by atoms with Crippen LogP contribution in [0.5, 0.6) is 0 Å². The molecule has 5 nitrogen and oxygen atoms in total. The topological polar surface area (TPSA) is 70.6 Å². The first-order valence-corrected chi connectivity index (χ1v) is 8.74. The molecule has 2 aromatic rings. The Labute approximate surface area is 163 Å². The van der Waals surface area contributed by atoms with Gasteiger partial charge in [0, 0.05) is 15.2 Å². The number of carbonyl (C=O) groups excluding carboxylic acids is 2. The van der Waals surface area contributed by atoms with Gasteiger partial charge >= 0.3 is 0 Å². The van der Waals surface area contributed by atoms with Gasteiger partial charge in [-0.3, -0.25) is 9.59 Å². The Hall–Kier alpha value is -1.89. The van der Waals surface area contributed by atoms with E-state index in [0.29, 0.717) is 31.5 Å². The normalized spacial score (nSPS) is 11.1. The van der Waals surface area contributed by atoms with Gasteiger partial charge in [-0.15, -0.1) is 0 Å². The molecule has 0 radical (unpaired) electrons. The monoisotopic (exact) mass is 441 g/mol. The van der Waals surface area contributed by atoms with Gasteiger partial charge in [0.25, 0.3) is 5.91 Å². The summed E-state index contributed by atoms with van der Waals surface area (Å²) >= 11 is 15.2. The molecule has 2 amide bonds. The lowest BCUT2D eigenvalue weighted by molar-refractivity contribution is -0.115. The zero-order chi connectivity index (χ0) is 18.4. The highest BCUT2D eigenvalue weighted by Gasteiger charge is 2.10. The summed E-state index contributed by atoms with van der Waals surface area (Å²) in [6, 6.07) is 11.8. The summed E-state index contributed by atoms with van der Waals surface area (Å²) < 4.78 is 0.661. The van der Waals surface area contributed by atoms with Crippen LogP contribution in [0.4, 0.5) is 5.69 Å². The number of hydrazone groups is 1. The second-order valence-electron chi connectivity index (χ2n) is 5.12. The van der Waals surface area contributed by atoms with E-state index in [-0.39, 0.29) is 18.2 Å². The molecule has 0 aromatic heterocycles. The molecule has 0 unspecified atom stereocenters. The van der Waals surface area contributed by atoms with Crippen molar-refractivity contribution < 1.29 is 9.59 Å². The second-order valence-corrected chi connectivity index (χ2v) is 6.81. The molecule has 2 aromatic carbocycles. The minimum absolute atomic E-state index is 0.000911. The van der Waals surface area contributed by atoms with Gasteiger partial charge < -0.3 is 5.32 Å². The van der Waals surface area contributed by atoms with E-state index in [2.05, 4.69) is 31.8 Å². The number of hydrogen-bond acceptors (Lipinski definition) is 3. The van der Waals surface area contributed by atoms with Crippen LogP contribution in [-0.2, 0) is 4.79 Å². The van der Waals surface area contributed by atoms with E-state index in [0.717, 1.165) is 0 Å². The van der Waals surface area contributed by atoms with Crippen LogP contribution >= 0.6 is 39.1 Å². The molecule has 0 bridgehead atoms. The quantitative estimate of drug-likeness (QED) is 0.511. The van der Waals surface area contributed by atoms with Gasteiger partial charge in [0.15, 0.2) is 0 Å². The van der Waals surface area contributed by atoms with Gasteiger partial charge in [-0.2, -0.15) is 5.10 Å². The van der Waals surface area contributed by atoms with Crippen molar-refractivity contribution in [2.45, 2.75) is 13.3 Å². The maximum absolute atomic E-state index is 12.0. The van der Waals surface area contributed by atoms with Crippen LogP contribution in [0.25, 0.3) is 0 Å². The number of benzene rings is 2. The summed E-state index contributed by atoms with van der Waals surface area (Å²) in [4.78, 5) is 24.1. The molecule has 2 N–H and O–H groups in total. The van der Waals surface area contributed by atoms with Crippen LogP contribution < -0.4 is 10.7 Å². The summed E-state index contributed by atoms with van der Waals surface area (Å²) in [6.07, 6.45) is -0.000911. The van der Waals surface area contributed by atoms with Gasteiger partial charge in [-0.25, -0.2) is 5.43 Å². The van der Waals surface area contributed by atoms with E-state index in [9.17, 15) is 9.59 Å². The Balaban J connectivity index is 1.94. The molecular formula is C17H14BrCl2N3O2. The molecule has 0 aliphatic carbocycles. The van der Waals surface area contributed by atoms with Gasteiger partial charge in [0.2, 0.25) is 5.91 Å². The van der Waals surface area contributed by atoms with Crippen LogP contribution in [0.3, 0.4) is 0 Å². The Kier molecular flexibility index (Phi) is 6.99. The third-order valence-corrected chi connectivity index (χ3v) is 4.34. The Bertz CT molecular complexity index is 840. The van der Waals surface area contributed by atoms with Crippen molar-refractivity contribution in [3.63, 3.8) is 0 Å². The van der Waals surface area contributed by atoms with Crippen LogP contribution in [0, 0.1) is 0 Å². The Morgan fingerprint density at radius 1 is 1.16 bits per heavy atom. The maximum atomic E-state index is 12.0. The fourth-order valence-corrected chi connectivity index (χ4v) is 2.71. The van der Waals surface area contributed by atoms with E-state index < -0.39 is 0 Å². The number of nitrogens with zero attached hydrogens (tertiary/aromatic N) is 1. The van der Waals surface area contributed by atoms with E-state index >= 15 is 0 Å². The fraction of sp³-hybridized carbons (Fsp3) is 0.118. The number of carbonyl (C=O) groups is 2. The highest BCUT2D eigenvalue weighted by molar-refractivity contribution is 9.10. The lowest BCUT2D eigenvalue weighted by atomic mass is 10.2. The molecule has 25 heavy (non-hydrogen) atoms. The predicted molar refractivity (Wildman–Crippen MR) is 104 cm³/mol. The third-order valence-electron chi connectivity index (χ3n) is 3.09. The number of rotatable bonds is 5. The SMILES string of the molecule is C/C(CC(=O)Nc1cc(Cl)ccc1Cl)=N/NC(=O)c1ccccc1Br. The number of halogens is 3. The highest BCUT2D eigenvalue weighted by Crippen LogP contribution is 2.25.